The maximum Gasteiger partial charge on any atom is 0.251 e. The van der Waals surface area contributed by atoms with Crippen molar-refractivity contribution in [1.29, 1.82) is 0 Å². The molecule has 1 N–H and O–H groups in total. The number of carbonyl (C=O) groups excluding carboxylic acids is 2. The van der Waals surface area contributed by atoms with Gasteiger partial charge in [0.25, 0.3) is 5.91 Å². The molecule has 0 atom stereocenters. The second kappa shape index (κ2) is 9.05. The van der Waals surface area contributed by atoms with E-state index in [0.29, 0.717) is 18.7 Å². The number of benzene rings is 2. The molecule has 0 aliphatic carbocycles. The quantitative estimate of drug-likeness (QED) is 0.794. The number of nitrogens with zero attached hydrogens (tertiary/aromatic N) is 1. The predicted molar refractivity (Wildman–Crippen MR) is 116 cm³/mol. The SMILES string of the molecule is CCc1cccc(C)c1N(CCNC(=O)c1ccc(C(C)(C)C)cc1)C(C)=O. The fourth-order valence-electron chi connectivity index (χ4n) is 3.32. The Bertz CT molecular complexity index is 833. The predicted octanol–water partition coefficient (Wildman–Crippen LogP) is 4.64. The lowest BCUT2D eigenvalue weighted by Crippen LogP contribution is -2.38. The highest BCUT2D eigenvalue weighted by atomic mass is 16.2. The Balaban J connectivity index is 2.06. The molecule has 28 heavy (non-hydrogen) atoms. The van der Waals surface area contributed by atoms with E-state index in [4.69, 9.17) is 0 Å². The first-order valence-corrected chi connectivity index (χ1v) is 9.90. The van der Waals surface area contributed by atoms with E-state index >= 15 is 0 Å². The number of aryl methyl sites for hydroxylation is 2. The molecule has 150 valence electrons. The summed E-state index contributed by atoms with van der Waals surface area (Å²) in [5.41, 5.74) is 5.05. The van der Waals surface area contributed by atoms with Crippen molar-refractivity contribution >= 4 is 17.5 Å². The average molecular weight is 381 g/mol. The first-order chi connectivity index (χ1) is 13.1. The van der Waals surface area contributed by atoms with Gasteiger partial charge in [-0.05, 0) is 47.6 Å². The topological polar surface area (TPSA) is 49.4 Å². The van der Waals surface area contributed by atoms with Gasteiger partial charge >= 0.3 is 0 Å². The number of anilines is 1. The highest BCUT2D eigenvalue weighted by Gasteiger charge is 2.18. The zero-order valence-electron chi connectivity index (χ0n) is 17.9. The van der Waals surface area contributed by atoms with Gasteiger partial charge in [-0.1, -0.05) is 58.0 Å². The first kappa shape index (κ1) is 21.7. The van der Waals surface area contributed by atoms with Crippen LogP contribution in [-0.4, -0.2) is 24.9 Å². The van der Waals surface area contributed by atoms with Crippen LogP contribution < -0.4 is 10.2 Å². The molecule has 2 aromatic carbocycles. The van der Waals surface area contributed by atoms with Gasteiger partial charge in [0, 0.05) is 31.3 Å². The third-order valence-corrected chi connectivity index (χ3v) is 4.99. The van der Waals surface area contributed by atoms with Gasteiger partial charge in [-0.15, -0.1) is 0 Å². The normalized spacial score (nSPS) is 11.2. The molecule has 0 radical (unpaired) electrons. The Morgan fingerprint density at radius 2 is 1.68 bits per heavy atom. The first-order valence-electron chi connectivity index (χ1n) is 9.90. The molecule has 0 aliphatic heterocycles. The van der Waals surface area contributed by atoms with Crippen molar-refractivity contribution in [1.82, 2.24) is 5.32 Å². The van der Waals surface area contributed by atoms with Crippen molar-refractivity contribution in [3.05, 3.63) is 64.7 Å². The molecule has 4 heteroatoms. The number of nitrogens with one attached hydrogen (secondary N) is 1. The maximum absolute atomic E-state index is 12.5. The molecule has 0 aromatic heterocycles. The van der Waals surface area contributed by atoms with Crippen LogP contribution >= 0.6 is 0 Å². The molecular formula is C24H32N2O2. The molecule has 0 unspecified atom stereocenters. The molecule has 0 saturated heterocycles. The fourth-order valence-corrected chi connectivity index (χ4v) is 3.32. The Morgan fingerprint density at radius 3 is 2.21 bits per heavy atom. The Labute approximate surface area is 169 Å². The van der Waals surface area contributed by atoms with E-state index in [1.165, 1.54) is 5.56 Å². The Hall–Kier alpha value is -2.62. The summed E-state index contributed by atoms with van der Waals surface area (Å²) >= 11 is 0. The third kappa shape index (κ3) is 5.22. The summed E-state index contributed by atoms with van der Waals surface area (Å²) in [6.45, 7) is 13.0. The summed E-state index contributed by atoms with van der Waals surface area (Å²) in [4.78, 5) is 26.5. The lowest BCUT2D eigenvalue weighted by atomic mass is 9.87. The molecule has 2 amide bonds. The number of carbonyl (C=O) groups is 2. The van der Waals surface area contributed by atoms with Crippen LogP contribution in [0.3, 0.4) is 0 Å². The summed E-state index contributed by atoms with van der Waals surface area (Å²) in [6, 6.07) is 13.8. The molecule has 0 heterocycles. The summed E-state index contributed by atoms with van der Waals surface area (Å²) < 4.78 is 0. The van der Waals surface area contributed by atoms with Crippen molar-refractivity contribution in [3.8, 4) is 0 Å². The van der Waals surface area contributed by atoms with Crippen molar-refractivity contribution < 1.29 is 9.59 Å². The van der Waals surface area contributed by atoms with Crippen LogP contribution in [0.25, 0.3) is 0 Å². The van der Waals surface area contributed by atoms with Gasteiger partial charge in [-0.25, -0.2) is 0 Å². The van der Waals surface area contributed by atoms with E-state index in [1.807, 2.05) is 49.4 Å². The van der Waals surface area contributed by atoms with Gasteiger partial charge < -0.3 is 10.2 Å². The van der Waals surface area contributed by atoms with Gasteiger partial charge in [0.05, 0.1) is 0 Å². The molecular weight excluding hydrogens is 348 g/mol. The Kier molecular flexibility index (Phi) is 7.00. The fraction of sp³-hybridized carbons (Fsp3) is 0.417. The van der Waals surface area contributed by atoms with E-state index in [1.54, 1.807) is 11.8 Å². The molecule has 0 bridgehead atoms. The van der Waals surface area contributed by atoms with Crippen LogP contribution in [0.2, 0.25) is 0 Å². The maximum atomic E-state index is 12.5. The van der Waals surface area contributed by atoms with Crippen molar-refractivity contribution in [2.75, 3.05) is 18.0 Å². The number of hydrogen-bond acceptors (Lipinski definition) is 2. The van der Waals surface area contributed by atoms with E-state index in [0.717, 1.165) is 23.2 Å². The number of hydrogen-bond donors (Lipinski definition) is 1. The second-order valence-electron chi connectivity index (χ2n) is 8.19. The zero-order valence-corrected chi connectivity index (χ0v) is 17.9. The van der Waals surface area contributed by atoms with Crippen LogP contribution in [-0.2, 0) is 16.6 Å². The molecule has 2 aromatic rings. The number of rotatable bonds is 6. The van der Waals surface area contributed by atoms with E-state index < -0.39 is 0 Å². The molecule has 0 aliphatic rings. The molecule has 2 rings (SSSR count). The van der Waals surface area contributed by atoms with Crippen LogP contribution in [0.15, 0.2) is 42.5 Å². The van der Waals surface area contributed by atoms with E-state index in [9.17, 15) is 9.59 Å². The van der Waals surface area contributed by atoms with Gasteiger partial charge in [0.15, 0.2) is 0 Å². The monoisotopic (exact) mass is 380 g/mol. The standard InChI is InChI=1S/C24H32N2O2/c1-7-19-10-8-9-17(2)22(19)26(18(3)27)16-15-25-23(28)20-11-13-21(14-12-20)24(4,5)6/h8-14H,7,15-16H2,1-6H3,(H,25,28). The van der Waals surface area contributed by atoms with Crippen LogP contribution in [0.1, 0.15) is 61.7 Å². The molecule has 0 spiro atoms. The van der Waals surface area contributed by atoms with Crippen molar-refractivity contribution in [2.24, 2.45) is 0 Å². The minimum Gasteiger partial charge on any atom is -0.350 e. The van der Waals surface area contributed by atoms with Crippen LogP contribution in [0, 0.1) is 6.92 Å². The van der Waals surface area contributed by atoms with E-state index in [2.05, 4.69) is 33.0 Å². The molecule has 0 fully saturated rings. The second-order valence-corrected chi connectivity index (χ2v) is 8.19. The highest BCUT2D eigenvalue weighted by Crippen LogP contribution is 2.26. The lowest BCUT2D eigenvalue weighted by molar-refractivity contribution is -0.116. The third-order valence-electron chi connectivity index (χ3n) is 4.99. The summed E-state index contributed by atoms with van der Waals surface area (Å²) in [6.07, 6.45) is 0.854. The lowest BCUT2D eigenvalue weighted by Gasteiger charge is -2.26. The zero-order chi connectivity index (χ0) is 20.9. The number of para-hydroxylation sites is 1. The van der Waals surface area contributed by atoms with Gasteiger partial charge in [-0.3, -0.25) is 9.59 Å². The van der Waals surface area contributed by atoms with Crippen molar-refractivity contribution in [2.45, 2.75) is 53.4 Å². The van der Waals surface area contributed by atoms with Gasteiger partial charge in [0.2, 0.25) is 5.91 Å². The molecule has 4 nitrogen and oxygen atoms in total. The highest BCUT2D eigenvalue weighted by molar-refractivity contribution is 5.95. The van der Waals surface area contributed by atoms with Gasteiger partial charge in [-0.2, -0.15) is 0 Å². The summed E-state index contributed by atoms with van der Waals surface area (Å²) in [7, 11) is 0. The summed E-state index contributed by atoms with van der Waals surface area (Å²) in [5.74, 6) is -0.141. The van der Waals surface area contributed by atoms with Gasteiger partial charge in [0.1, 0.15) is 0 Å². The van der Waals surface area contributed by atoms with Crippen LogP contribution in [0.4, 0.5) is 5.69 Å². The molecule has 0 saturated carbocycles. The minimum absolute atomic E-state index is 0.0206. The average Bonchev–Trinajstić information content (AvgIpc) is 2.64. The van der Waals surface area contributed by atoms with Crippen LogP contribution in [0.5, 0.6) is 0 Å². The Morgan fingerprint density at radius 1 is 1.04 bits per heavy atom. The number of amides is 2. The van der Waals surface area contributed by atoms with E-state index in [-0.39, 0.29) is 17.2 Å². The van der Waals surface area contributed by atoms with Crippen molar-refractivity contribution in [3.63, 3.8) is 0 Å². The minimum atomic E-state index is -0.121. The smallest absolute Gasteiger partial charge is 0.251 e. The summed E-state index contributed by atoms with van der Waals surface area (Å²) in [5, 5.41) is 2.94. The largest absolute Gasteiger partial charge is 0.350 e.